The summed E-state index contributed by atoms with van der Waals surface area (Å²) in [7, 11) is -4.01. The molecule has 94 valence electrons. The Morgan fingerprint density at radius 2 is 1.94 bits per heavy atom. The highest BCUT2D eigenvalue weighted by Gasteiger charge is 2.49. The molecule has 1 aromatic rings. The van der Waals surface area contributed by atoms with Crippen molar-refractivity contribution in [2.24, 2.45) is 5.73 Å². The van der Waals surface area contributed by atoms with Gasteiger partial charge in [-0.15, -0.1) is 0 Å². The average molecular weight is 257 g/mol. The molecule has 0 aliphatic carbocycles. The molecular weight excluding hydrogens is 241 g/mol. The molecule has 2 unspecified atom stereocenters. The minimum Gasteiger partial charge on any atom is -0.479 e. The van der Waals surface area contributed by atoms with Crippen LogP contribution in [0.1, 0.15) is 18.9 Å². The maximum atomic E-state index is 12.1. The van der Waals surface area contributed by atoms with Gasteiger partial charge < -0.3 is 15.7 Å². The first-order valence-electron chi connectivity index (χ1n) is 5.21. The molecule has 0 heterocycles. The van der Waals surface area contributed by atoms with Gasteiger partial charge in [-0.05, 0) is 12.0 Å². The summed E-state index contributed by atoms with van der Waals surface area (Å²) >= 11 is 0. The quantitative estimate of drug-likeness (QED) is 0.695. The third-order valence-electron chi connectivity index (χ3n) is 2.77. The highest BCUT2D eigenvalue weighted by atomic mass is 31.2. The minimum atomic E-state index is -4.01. The Kier molecular flexibility index (Phi) is 4.09. The van der Waals surface area contributed by atoms with Crippen molar-refractivity contribution >= 4 is 13.3 Å². The second-order valence-electron chi connectivity index (χ2n) is 3.93. The van der Waals surface area contributed by atoms with Crippen LogP contribution in [0.25, 0.3) is 0 Å². The lowest BCUT2D eigenvalue weighted by Crippen LogP contribution is -2.47. The Labute approximate surface area is 99.7 Å². The van der Waals surface area contributed by atoms with Crippen molar-refractivity contribution in [1.29, 1.82) is 0 Å². The molecule has 17 heavy (non-hydrogen) atoms. The molecule has 0 aliphatic rings. The Morgan fingerprint density at radius 3 is 2.35 bits per heavy atom. The van der Waals surface area contributed by atoms with Crippen LogP contribution in [0.15, 0.2) is 30.3 Å². The summed E-state index contributed by atoms with van der Waals surface area (Å²) in [5.74, 6) is -1.44. The van der Waals surface area contributed by atoms with Crippen LogP contribution in [-0.2, 0) is 15.5 Å². The molecule has 1 aromatic carbocycles. The molecule has 2 atom stereocenters. The lowest BCUT2D eigenvalue weighted by molar-refractivity contribution is -0.140. The van der Waals surface area contributed by atoms with E-state index in [0.29, 0.717) is 5.56 Å². The first-order chi connectivity index (χ1) is 7.83. The van der Waals surface area contributed by atoms with Crippen molar-refractivity contribution < 1.29 is 19.4 Å². The van der Waals surface area contributed by atoms with E-state index < -0.39 is 18.6 Å². The number of carboxylic acids is 1. The number of aliphatic carboxylic acids is 1. The van der Waals surface area contributed by atoms with Crippen molar-refractivity contribution in [2.45, 2.75) is 24.8 Å². The van der Waals surface area contributed by atoms with E-state index >= 15 is 0 Å². The van der Waals surface area contributed by atoms with E-state index in [-0.39, 0.29) is 12.6 Å². The van der Waals surface area contributed by atoms with Crippen LogP contribution in [0.4, 0.5) is 0 Å². The summed E-state index contributed by atoms with van der Waals surface area (Å²) in [5.41, 5.74) is 6.15. The maximum absolute atomic E-state index is 12.1. The van der Waals surface area contributed by atoms with Gasteiger partial charge in [0.2, 0.25) is 7.37 Å². The van der Waals surface area contributed by atoms with Crippen LogP contribution in [-0.4, -0.2) is 21.2 Å². The third-order valence-corrected chi connectivity index (χ3v) is 5.32. The zero-order chi connectivity index (χ0) is 13.1. The molecule has 0 radical (unpaired) electrons. The van der Waals surface area contributed by atoms with Gasteiger partial charge in [0.25, 0.3) is 0 Å². The fourth-order valence-electron chi connectivity index (χ4n) is 1.52. The second kappa shape index (κ2) is 5.00. The van der Waals surface area contributed by atoms with Crippen LogP contribution >= 0.6 is 7.37 Å². The van der Waals surface area contributed by atoms with E-state index in [4.69, 9.17) is 10.8 Å². The molecule has 0 bridgehead atoms. The highest BCUT2D eigenvalue weighted by molar-refractivity contribution is 7.59. The summed E-state index contributed by atoms with van der Waals surface area (Å²) in [6.07, 6.45) is -0.326. The molecule has 0 amide bonds. The lowest BCUT2D eigenvalue weighted by Gasteiger charge is -2.28. The predicted octanol–water partition coefficient (Wildman–Crippen LogP) is 1.61. The van der Waals surface area contributed by atoms with Crippen molar-refractivity contribution in [3.8, 4) is 0 Å². The molecule has 4 N–H and O–H groups in total. The molecular formula is C11H16NO4P. The molecule has 1 rings (SSSR count). The fourth-order valence-corrected chi connectivity index (χ4v) is 3.30. The molecule has 6 heteroatoms. The molecule has 0 spiro atoms. The minimum absolute atomic E-state index is 0.0943. The molecule has 0 aromatic heterocycles. The van der Waals surface area contributed by atoms with Crippen LogP contribution in [0.3, 0.4) is 0 Å². The Morgan fingerprint density at radius 1 is 1.41 bits per heavy atom. The summed E-state index contributed by atoms with van der Waals surface area (Å²) in [4.78, 5) is 20.9. The van der Waals surface area contributed by atoms with E-state index in [0.717, 1.165) is 0 Å². The van der Waals surface area contributed by atoms with E-state index in [9.17, 15) is 14.3 Å². The van der Waals surface area contributed by atoms with E-state index in [2.05, 4.69) is 0 Å². The summed E-state index contributed by atoms with van der Waals surface area (Å²) in [6, 6.07) is 8.56. The van der Waals surface area contributed by atoms with Gasteiger partial charge in [0.1, 0.15) is 0 Å². The summed E-state index contributed by atoms with van der Waals surface area (Å²) in [6.45, 7) is 1.49. The third kappa shape index (κ3) is 2.75. The molecule has 0 saturated heterocycles. The summed E-state index contributed by atoms with van der Waals surface area (Å²) < 4.78 is 12.1. The van der Waals surface area contributed by atoms with Gasteiger partial charge in [0.15, 0.2) is 5.28 Å². The van der Waals surface area contributed by atoms with Crippen molar-refractivity contribution in [3.05, 3.63) is 35.9 Å². The van der Waals surface area contributed by atoms with Gasteiger partial charge >= 0.3 is 5.97 Å². The van der Waals surface area contributed by atoms with E-state index in [1.807, 2.05) is 0 Å². The topological polar surface area (TPSA) is 101 Å². The van der Waals surface area contributed by atoms with Crippen molar-refractivity contribution in [2.75, 3.05) is 0 Å². The largest absolute Gasteiger partial charge is 0.479 e. The zero-order valence-electron chi connectivity index (χ0n) is 9.54. The predicted molar refractivity (Wildman–Crippen MR) is 64.8 cm³/mol. The highest BCUT2D eigenvalue weighted by Crippen LogP contribution is 2.55. The normalized spacial score (nSPS) is 18.1. The van der Waals surface area contributed by atoms with Gasteiger partial charge in [-0.25, -0.2) is 4.79 Å². The number of carboxylic acid groups (broad SMARTS) is 1. The zero-order valence-corrected chi connectivity index (χ0v) is 10.4. The number of benzene rings is 1. The Bertz CT molecular complexity index is 448. The average Bonchev–Trinajstić information content (AvgIpc) is 2.28. The summed E-state index contributed by atoms with van der Waals surface area (Å²) in [5, 5.41) is 6.91. The first kappa shape index (κ1) is 13.9. The van der Waals surface area contributed by atoms with Gasteiger partial charge in [0.05, 0.1) is 6.16 Å². The Balaban J connectivity index is 3.03. The fraction of sp³-hybridized carbons (Fsp3) is 0.364. The number of hydrogen-bond donors (Lipinski definition) is 3. The smallest absolute Gasteiger partial charge is 0.333 e. The van der Waals surface area contributed by atoms with Crippen LogP contribution in [0, 0.1) is 0 Å². The number of rotatable bonds is 5. The Hall–Kier alpha value is -1.16. The molecule has 0 fully saturated rings. The van der Waals surface area contributed by atoms with Crippen molar-refractivity contribution in [1.82, 2.24) is 0 Å². The van der Waals surface area contributed by atoms with Gasteiger partial charge in [-0.1, -0.05) is 37.3 Å². The standard InChI is InChI=1S/C11H16NO4P/c1-2-11(12,10(13)14)17(15,16)8-9-6-4-3-5-7-9/h3-7H,2,8,12H2,1H3,(H,13,14)(H,15,16). The van der Waals surface area contributed by atoms with E-state index in [1.165, 1.54) is 6.92 Å². The van der Waals surface area contributed by atoms with Gasteiger partial charge in [-0.3, -0.25) is 4.57 Å². The molecule has 5 nitrogen and oxygen atoms in total. The second-order valence-corrected chi connectivity index (χ2v) is 6.45. The lowest BCUT2D eigenvalue weighted by atomic mass is 10.2. The molecule has 0 saturated carbocycles. The van der Waals surface area contributed by atoms with Crippen LogP contribution < -0.4 is 5.73 Å². The first-order valence-corrected chi connectivity index (χ1v) is 7.06. The maximum Gasteiger partial charge on any atom is 0.333 e. The van der Waals surface area contributed by atoms with Crippen LogP contribution in [0.2, 0.25) is 0 Å². The van der Waals surface area contributed by atoms with E-state index in [1.54, 1.807) is 30.3 Å². The number of hydrogen-bond acceptors (Lipinski definition) is 3. The van der Waals surface area contributed by atoms with Gasteiger partial charge in [0, 0.05) is 0 Å². The SMILES string of the molecule is CCC(N)(C(=O)O)P(=O)(O)Cc1ccccc1. The van der Waals surface area contributed by atoms with Crippen molar-refractivity contribution in [3.63, 3.8) is 0 Å². The monoisotopic (exact) mass is 257 g/mol. The number of carbonyl (C=O) groups is 1. The van der Waals surface area contributed by atoms with Crippen LogP contribution in [0.5, 0.6) is 0 Å². The molecule has 0 aliphatic heterocycles. The number of nitrogens with two attached hydrogens (primary N) is 1. The van der Waals surface area contributed by atoms with Gasteiger partial charge in [-0.2, -0.15) is 0 Å².